The highest BCUT2D eigenvalue weighted by Gasteiger charge is 2.22. The maximum Gasteiger partial charge on any atom is 0.274 e. The number of thiazole rings is 1. The zero-order valence-corrected chi connectivity index (χ0v) is 9.21. The average molecular weight is 206 g/mol. The summed E-state index contributed by atoms with van der Waals surface area (Å²) in [5, 5.41) is 0.630. The fourth-order valence-corrected chi connectivity index (χ4v) is 2.18. The number of hydrogen-bond acceptors (Lipinski definition) is 3. The summed E-state index contributed by atoms with van der Waals surface area (Å²) in [4.78, 5) is 4.26. The van der Waals surface area contributed by atoms with Crippen LogP contribution in [0.25, 0.3) is 0 Å². The quantitative estimate of drug-likeness (QED) is 0.703. The second-order valence-electron chi connectivity index (χ2n) is 3.56. The Morgan fingerprint density at radius 1 is 1.42 bits per heavy atom. The molecule has 0 radical (unpaired) electrons. The minimum atomic E-state index is -0.00956. The molecule has 0 aliphatic carbocycles. The summed E-state index contributed by atoms with van der Waals surface area (Å²) in [6.45, 7) is 6.23. The first-order valence-corrected chi connectivity index (χ1v) is 4.85. The Morgan fingerprint density at radius 2 is 2.00 bits per heavy atom. The molecule has 0 amide bonds. The third-order valence-electron chi connectivity index (χ3n) is 1.45. The summed E-state index contributed by atoms with van der Waals surface area (Å²) < 4.78 is 5.72. The highest BCUT2D eigenvalue weighted by Crippen LogP contribution is 2.36. The van der Waals surface area contributed by atoms with E-state index in [4.69, 9.17) is 16.3 Å². The lowest BCUT2D eigenvalue weighted by Gasteiger charge is -2.14. The number of nitrogens with zero attached hydrogens (tertiary/aromatic N) is 1. The van der Waals surface area contributed by atoms with Gasteiger partial charge in [-0.2, -0.15) is 0 Å². The van der Waals surface area contributed by atoms with E-state index in [2.05, 4.69) is 25.8 Å². The molecule has 0 aliphatic heterocycles. The maximum absolute atomic E-state index is 5.98. The van der Waals surface area contributed by atoms with E-state index >= 15 is 0 Å². The first-order chi connectivity index (χ1) is 5.45. The number of halogens is 1. The minimum Gasteiger partial charge on any atom is -0.473 e. The maximum atomic E-state index is 5.98. The molecule has 0 fully saturated rings. The Balaban J connectivity index is 3.08. The van der Waals surface area contributed by atoms with Crippen LogP contribution in [0.4, 0.5) is 0 Å². The summed E-state index contributed by atoms with van der Waals surface area (Å²) >= 11 is 7.36. The van der Waals surface area contributed by atoms with Crippen molar-refractivity contribution in [2.24, 2.45) is 0 Å². The smallest absolute Gasteiger partial charge is 0.274 e. The summed E-state index contributed by atoms with van der Waals surface area (Å²) in [5.41, 5.74) is 0.899. The number of ether oxygens (including phenoxy) is 1. The number of rotatable bonds is 1. The van der Waals surface area contributed by atoms with Gasteiger partial charge >= 0.3 is 0 Å². The van der Waals surface area contributed by atoms with Crippen molar-refractivity contribution in [1.29, 1.82) is 0 Å². The van der Waals surface area contributed by atoms with Crippen LogP contribution >= 0.6 is 22.9 Å². The van der Waals surface area contributed by atoms with Crippen LogP contribution in [0.1, 0.15) is 26.5 Å². The van der Waals surface area contributed by atoms with Crippen molar-refractivity contribution in [2.45, 2.75) is 26.2 Å². The van der Waals surface area contributed by atoms with Crippen molar-refractivity contribution in [3.8, 4) is 5.19 Å². The molecule has 0 spiro atoms. The molecule has 0 saturated heterocycles. The van der Waals surface area contributed by atoms with Gasteiger partial charge in [0.25, 0.3) is 5.19 Å². The predicted octanol–water partition coefficient (Wildman–Crippen LogP) is 3.10. The molecule has 1 heterocycles. The van der Waals surface area contributed by atoms with Crippen molar-refractivity contribution < 1.29 is 4.74 Å². The molecule has 1 rings (SSSR count). The molecule has 0 saturated carbocycles. The van der Waals surface area contributed by atoms with Crippen LogP contribution in [-0.2, 0) is 5.41 Å². The Hall–Kier alpha value is -0.280. The molecule has 0 bridgehead atoms. The highest BCUT2D eigenvalue weighted by atomic mass is 35.5. The molecule has 0 N–H and O–H groups in total. The summed E-state index contributed by atoms with van der Waals surface area (Å²) in [6.07, 6.45) is 0. The van der Waals surface area contributed by atoms with E-state index in [0.717, 1.165) is 10.0 Å². The van der Waals surface area contributed by atoms with Gasteiger partial charge in [-0.15, -0.1) is 0 Å². The lowest BCUT2D eigenvalue weighted by Crippen LogP contribution is -2.11. The van der Waals surface area contributed by atoms with Crippen LogP contribution in [0, 0.1) is 0 Å². The van der Waals surface area contributed by atoms with E-state index in [1.165, 1.54) is 11.3 Å². The topological polar surface area (TPSA) is 22.1 Å². The molecule has 12 heavy (non-hydrogen) atoms. The molecule has 2 nitrogen and oxygen atoms in total. The van der Waals surface area contributed by atoms with Crippen molar-refractivity contribution >= 4 is 22.9 Å². The zero-order chi connectivity index (χ0) is 9.35. The van der Waals surface area contributed by atoms with Gasteiger partial charge in [0, 0.05) is 5.41 Å². The molecule has 1 aromatic heterocycles. The molecule has 0 unspecified atom stereocenters. The monoisotopic (exact) mass is 205 g/mol. The largest absolute Gasteiger partial charge is 0.473 e. The van der Waals surface area contributed by atoms with Gasteiger partial charge < -0.3 is 4.74 Å². The van der Waals surface area contributed by atoms with Gasteiger partial charge in [-0.25, -0.2) is 4.98 Å². The lowest BCUT2D eigenvalue weighted by molar-refractivity contribution is 0.407. The van der Waals surface area contributed by atoms with Gasteiger partial charge in [0.1, 0.15) is 4.34 Å². The van der Waals surface area contributed by atoms with Crippen LogP contribution in [0.5, 0.6) is 5.19 Å². The van der Waals surface area contributed by atoms with E-state index in [9.17, 15) is 0 Å². The third-order valence-corrected chi connectivity index (χ3v) is 2.67. The predicted molar refractivity (Wildman–Crippen MR) is 52.4 cm³/mol. The molecular formula is C8H12ClNOS. The number of methoxy groups -OCH3 is 1. The van der Waals surface area contributed by atoms with Gasteiger partial charge in [-0.1, -0.05) is 43.7 Å². The third kappa shape index (κ3) is 1.90. The molecule has 68 valence electrons. The summed E-state index contributed by atoms with van der Waals surface area (Å²) in [7, 11) is 1.60. The van der Waals surface area contributed by atoms with E-state index in [1.807, 2.05) is 0 Å². The molecule has 4 heteroatoms. The van der Waals surface area contributed by atoms with Crippen molar-refractivity contribution in [3.05, 3.63) is 10.0 Å². The van der Waals surface area contributed by atoms with Crippen molar-refractivity contribution in [3.63, 3.8) is 0 Å². The molecule has 1 aromatic rings. The number of hydrogen-bond donors (Lipinski definition) is 0. The van der Waals surface area contributed by atoms with Gasteiger partial charge in [0.15, 0.2) is 0 Å². The average Bonchev–Trinajstić information content (AvgIpc) is 2.29. The van der Waals surface area contributed by atoms with Gasteiger partial charge in [-0.05, 0) is 0 Å². The van der Waals surface area contributed by atoms with Crippen LogP contribution in [0.15, 0.2) is 0 Å². The Morgan fingerprint density at radius 3 is 2.25 bits per heavy atom. The van der Waals surface area contributed by atoms with Crippen LogP contribution < -0.4 is 4.74 Å². The summed E-state index contributed by atoms with van der Waals surface area (Å²) in [5.74, 6) is 0. The van der Waals surface area contributed by atoms with Gasteiger partial charge in [-0.3, -0.25) is 0 Å². The van der Waals surface area contributed by atoms with Gasteiger partial charge in [0.05, 0.1) is 12.8 Å². The molecule has 0 aliphatic rings. The fraction of sp³-hybridized carbons (Fsp3) is 0.625. The SMILES string of the molecule is COc1nc(C(C)(C)C)c(Cl)s1. The first-order valence-electron chi connectivity index (χ1n) is 3.66. The zero-order valence-electron chi connectivity index (χ0n) is 7.64. The fourth-order valence-electron chi connectivity index (χ4n) is 0.833. The Labute approximate surface area is 81.5 Å². The second kappa shape index (κ2) is 3.23. The summed E-state index contributed by atoms with van der Waals surface area (Å²) in [6, 6.07) is 0. The van der Waals surface area contributed by atoms with Gasteiger partial charge in [0.2, 0.25) is 0 Å². The lowest BCUT2D eigenvalue weighted by atomic mass is 9.93. The van der Waals surface area contributed by atoms with E-state index in [1.54, 1.807) is 7.11 Å². The van der Waals surface area contributed by atoms with Crippen molar-refractivity contribution in [2.75, 3.05) is 7.11 Å². The normalized spacial score (nSPS) is 11.8. The van der Waals surface area contributed by atoms with Crippen molar-refractivity contribution in [1.82, 2.24) is 4.98 Å². The highest BCUT2D eigenvalue weighted by molar-refractivity contribution is 7.17. The van der Waals surface area contributed by atoms with E-state index in [0.29, 0.717) is 5.19 Å². The van der Waals surface area contributed by atoms with E-state index in [-0.39, 0.29) is 5.41 Å². The van der Waals surface area contributed by atoms with E-state index < -0.39 is 0 Å². The standard InChI is InChI=1S/C8H12ClNOS/c1-8(2,3)5-6(9)12-7(10-5)11-4/h1-4H3. The number of aromatic nitrogens is 1. The minimum absolute atomic E-state index is 0.00956. The Bertz CT molecular complexity index is 277. The van der Waals surface area contributed by atoms with Crippen LogP contribution in [0.3, 0.4) is 0 Å². The van der Waals surface area contributed by atoms with Crippen LogP contribution in [-0.4, -0.2) is 12.1 Å². The molecule has 0 aromatic carbocycles. The molecular weight excluding hydrogens is 194 g/mol. The Kier molecular flexibility index (Phi) is 2.64. The molecule has 0 atom stereocenters. The second-order valence-corrected chi connectivity index (χ2v) is 5.12. The first kappa shape index (κ1) is 9.81. The van der Waals surface area contributed by atoms with Crippen LogP contribution in [0.2, 0.25) is 4.34 Å².